The van der Waals surface area contributed by atoms with Crippen LogP contribution < -0.4 is 14.8 Å². The van der Waals surface area contributed by atoms with E-state index >= 15 is 0 Å². The number of ether oxygens (including phenoxy) is 3. The Morgan fingerprint density at radius 2 is 1.64 bits per heavy atom. The number of hydrogen-bond donors (Lipinski definition) is 1. The number of amides is 1. The third-order valence-electron chi connectivity index (χ3n) is 7.61. The molecule has 0 bridgehead atoms. The van der Waals surface area contributed by atoms with E-state index in [0.717, 1.165) is 52.3 Å². The van der Waals surface area contributed by atoms with Gasteiger partial charge in [-0.2, -0.15) is 5.10 Å². The molecule has 1 aliphatic heterocycles. The zero-order chi connectivity index (χ0) is 31.4. The van der Waals surface area contributed by atoms with Crippen LogP contribution in [0.2, 0.25) is 0 Å². The minimum Gasteiger partial charge on any atom is -0.497 e. The Balaban J connectivity index is 1.35. The van der Waals surface area contributed by atoms with E-state index in [2.05, 4.69) is 10.3 Å². The van der Waals surface area contributed by atoms with E-state index in [1.807, 2.05) is 104 Å². The molecular formula is C35H38N6O4. The Hall–Kier alpha value is -5.12. The molecule has 0 saturated carbocycles. The lowest BCUT2D eigenvalue weighted by Gasteiger charge is -2.34. The normalized spacial score (nSPS) is 15.1. The first-order chi connectivity index (χ1) is 21.8. The van der Waals surface area contributed by atoms with Gasteiger partial charge in [0.2, 0.25) is 0 Å². The van der Waals surface area contributed by atoms with Crippen LogP contribution in [0.25, 0.3) is 22.3 Å². The number of nitrogens with one attached hydrogen (secondary N) is 1. The predicted molar refractivity (Wildman–Crippen MR) is 174 cm³/mol. The molecular weight excluding hydrogens is 568 g/mol. The van der Waals surface area contributed by atoms with E-state index in [9.17, 15) is 4.79 Å². The molecule has 0 radical (unpaired) electrons. The van der Waals surface area contributed by atoms with Crippen molar-refractivity contribution in [3.05, 3.63) is 90.8 Å². The Morgan fingerprint density at radius 1 is 0.933 bits per heavy atom. The summed E-state index contributed by atoms with van der Waals surface area (Å²) in [5, 5.41) is 9.47. The number of piperidine rings is 1. The molecule has 0 spiro atoms. The van der Waals surface area contributed by atoms with Gasteiger partial charge in [-0.05, 0) is 87.7 Å². The number of nitrogens with zero attached hydrogens (tertiary/aromatic N) is 5. The molecule has 5 aromatic rings. The molecule has 10 nitrogen and oxygen atoms in total. The van der Waals surface area contributed by atoms with Crippen molar-refractivity contribution >= 4 is 22.9 Å². The van der Waals surface area contributed by atoms with Gasteiger partial charge in [-0.3, -0.25) is 0 Å². The number of carbonyl (C=O) groups is 1. The number of likely N-dealkylation sites (tertiary alicyclic amines) is 1. The van der Waals surface area contributed by atoms with Crippen LogP contribution in [0, 0.1) is 0 Å². The lowest BCUT2D eigenvalue weighted by Crippen LogP contribution is -2.43. The largest absolute Gasteiger partial charge is 0.497 e. The van der Waals surface area contributed by atoms with Crippen LogP contribution in [0.1, 0.15) is 45.2 Å². The Morgan fingerprint density at radius 3 is 2.36 bits per heavy atom. The first-order valence-corrected chi connectivity index (χ1v) is 15.2. The highest BCUT2D eigenvalue weighted by atomic mass is 16.6. The summed E-state index contributed by atoms with van der Waals surface area (Å²) < 4.78 is 19.0. The van der Waals surface area contributed by atoms with Crippen LogP contribution in [0.3, 0.4) is 0 Å². The average molecular weight is 607 g/mol. The maximum absolute atomic E-state index is 13.0. The van der Waals surface area contributed by atoms with Crippen LogP contribution in [0.5, 0.6) is 17.2 Å². The van der Waals surface area contributed by atoms with Crippen LogP contribution >= 0.6 is 0 Å². The van der Waals surface area contributed by atoms with E-state index in [1.54, 1.807) is 18.3 Å². The highest BCUT2D eigenvalue weighted by molar-refractivity contribution is 5.99. The monoisotopic (exact) mass is 606 g/mol. The van der Waals surface area contributed by atoms with Crippen LogP contribution in [-0.2, 0) is 11.3 Å². The first kappa shape index (κ1) is 29.9. The molecule has 1 amide bonds. The minimum atomic E-state index is -0.566. The van der Waals surface area contributed by atoms with E-state index in [-0.39, 0.29) is 12.1 Å². The third-order valence-corrected chi connectivity index (χ3v) is 7.61. The second-order valence-electron chi connectivity index (χ2n) is 12.1. The quantitative estimate of drug-likeness (QED) is 0.194. The number of anilines is 1. The van der Waals surface area contributed by atoms with Gasteiger partial charge < -0.3 is 24.4 Å². The van der Waals surface area contributed by atoms with Crippen LogP contribution in [-0.4, -0.2) is 56.5 Å². The number of carbonyl (C=O) groups excluding carboxylic acids is 1. The molecule has 1 unspecified atom stereocenters. The SMILES string of the molecule is COc1ccc(CNc2ncnc3c2c(-c2ccc(Oc4ccccc4)cc2)nn3C2CCCN(C(=O)OC(C)(C)C)C2)cc1. The molecule has 1 atom stereocenters. The highest BCUT2D eigenvalue weighted by Crippen LogP contribution is 2.36. The summed E-state index contributed by atoms with van der Waals surface area (Å²) in [5.41, 5.74) is 2.88. The van der Waals surface area contributed by atoms with Crippen molar-refractivity contribution in [3.8, 4) is 28.5 Å². The van der Waals surface area contributed by atoms with Crippen LogP contribution in [0.15, 0.2) is 85.2 Å². The van der Waals surface area contributed by atoms with Crippen molar-refractivity contribution in [1.82, 2.24) is 24.6 Å². The Bertz CT molecular complexity index is 1750. The number of para-hydroxylation sites is 1. The number of benzene rings is 3. The van der Waals surface area contributed by atoms with Gasteiger partial charge in [0.25, 0.3) is 0 Å². The van der Waals surface area contributed by atoms with Crippen molar-refractivity contribution in [3.63, 3.8) is 0 Å². The Kier molecular flexibility index (Phi) is 8.55. The fourth-order valence-corrected chi connectivity index (χ4v) is 5.45. The maximum Gasteiger partial charge on any atom is 0.410 e. The second kappa shape index (κ2) is 12.9. The standard InChI is InChI=1S/C35H38N6O4/c1-35(2,3)45-34(42)40-20-8-9-26(22-40)41-33-30(32(37-23-38-33)36-21-24-12-16-27(43-4)17-13-24)31(39-41)25-14-18-29(19-15-25)44-28-10-6-5-7-11-28/h5-7,10-19,23,26H,8-9,20-22H2,1-4H3,(H,36,37,38). The van der Waals surface area contributed by atoms with Gasteiger partial charge in [-0.1, -0.05) is 30.3 Å². The van der Waals surface area contributed by atoms with Crippen molar-refractivity contribution in [2.45, 2.75) is 51.8 Å². The van der Waals surface area contributed by atoms with Crippen molar-refractivity contribution in [1.29, 1.82) is 0 Å². The maximum atomic E-state index is 13.0. The minimum absolute atomic E-state index is 0.0763. The molecule has 1 saturated heterocycles. The van der Waals surface area contributed by atoms with Gasteiger partial charge in [0.1, 0.15) is 40.7 Å². The lowest BCUT2D eigenvalue weighted by molar-refractivity contribution is 0.0169. The van der Waals surface area contributed by atoms with Gasteiger partial charge in [-0.15, -0.1) is 0 Å². The predicted octanol–water partition coefficient (Wildman–Crippen LogP) is 7.48. The summed E-state index contributed by atoms with van der Waals surface area (Å²) in [7, 11) is 1.66. The zero-order valence-electron chi connectivity index (χ0n) is 26.1. The summed E-state index contributed by atoms with van der Waals surface area (Å²) in [6, 6.07) is 25.4. The molecule has 1 fully saturated rings. The molecule has 2 aromatic heterocycles. The molecule has 3 aromatic carbocycles. The van der Waals surface area contributed by atoms with E-state index in [4.69, 9.17) is 24.3 Å². The van der Waals surface area contributed by atoms with Gasteiger partial charge in [0, 0.05) is 25.2 Å². The highest BCUT2D eigenvalue weighted by Gasteiger charge is 2.31. The topological polar surface area (TPSA) is 104 Å². The summed E-state index contributed by atoms with van der Waals surface area (Å²) in [6.45, 7) is 7.32. The first-order valence-electron chi connectivity index (χ1n) is 15.2. The van der Waals surface area contributed by atoms with E-state index in [1.165, 1.54) is 0 Å². The van der Waals surface area contributed by atoms with E-state index in [0.29, 0.717) is 31.1 Å². The van der Waals surface area contributed by atoms with Crippen molar-refractivity contribution in [2.75, 3.05) is 25.5 Å². The van der Waals surface area contributed by atoms with Crippen molar-refractivity contribution < 1.29 is 19.0 Å². The average Bonchev–Trinajstić information content (AvgIpc) is 3.45. The summed E-state index contributed by atoms with van der Waals surface area (Å²) >= 11 is 0. The zero-order valence-corrected chi connectivity index (χ0v) is 26.1. The molecule has 6 rings (SSSR count). The molecule has 45 heavy (non-hydrogen) atoms. The molecule has 3 heterocycles. The molecule has 1 aliphatic rings. The number of hydrogen-bond acceptors (Lipinski definition) is 8. The molecule has 232 valence electrons. The summed E-state index contributed by atoms with van der Waals surface area (Å²) in [4.78, 5) is 24.1. The fourth-order valence-electron chi connectivity index (χ4n) is 5.45. The molecule has 10 heteroatoms. The second-order valence-corrected chi connectivity index (χ2v) is 12.1. The van der Waals surface area contributed by atoms with E-state index < -0.39 is 5.60 Å². The number of aromatic nitrogens is 4. The number of methoxy groups -OCH3 is 1. The van der Waals surface area contributed by atoms with Gasteiger partial charge in [0.05, 0.1) is 18.5 Å². The third kappa shape index (κ3) is 7.01. The number of rotatable bonds is 8. The van der Waals surface area contributed by atoms with Crippen LogP contribution in [0.4, 0.5) is 10.6 Å². The smallest absolute Gasteiger partial charge is 0.410 e. The molecule has 0 aliphatic carbocycles. The molecule has 1 N–H and O–H groups in total. The number of fused-ring (bicyclic) bond motifs is 1. The van der Waals surface area contributed by atoms with Gasteiger partial charge in [-0.25, -0.2) is 19.4 Å². The van der Waals surface area contributed by atoms with Crippen molar-refractivity contribution in [2.24, 2.45) is 0 Å². The lowest BCUT2D eigenvalue weighted by atomic mass is 10.1. The van der Waals surface area contributed by atoms with Gasteiger partial charge >= 0.3 is 6.09 Å². The summed E-state index contributed by atoms with van der Waals surface area (Å²) in [5.74, 6) is 2.98. The Labute approximate surface area is 263 Å². The summed E-state index contributed by atoms with van der Waals surface area (Å²) in [6.07, 6.45) is 2.94. The van der Waals surface area contributed by atoms with Gasteiger partial charge in [0.15, 0.2) is 5.65 Å². The fraction of sp³-hybridized carbons (Fsp3) is 0.314.